The Kier molecular flexibility index (Phi) is 3.89. The maximum absolute atomic E-state index is 13.8. The van der Waals surface area contributed by atoms with Crippen LogP contribution in [-0.2, 0) is 6.54 Å². The lowest BCUT2D eigenvalue weighted by Crippen LogP contribution is -2.37. The minimum Gasteiger partial charge on any atom is -0.299 e. The van der Waals surface area contributed by atoms with E-state index in [9.17, 15) is 4.39 Å². The molecule has 2 rings (SSSR count). The van der Waals surface area contributed by atoms with Crippen LogP contribution >= 0.6 is 11.6 Å². The van der Waals surface area contributed by atoms with Crippen LogP contribution in [0, 0.1) is 22.6 Å². The Bertz CT molecular complexity index is 473. The molecule has 96 valence electrons. The van der Waals surface area contributed by atoms with Gasteiger partial charge in [0.05, 0.1) is 16.5 Å². The second-order valence-corrected chi connectivity index (χ2v) is 5.57. The Morgan fingerprint density at radius 2 is 2.11 bits per heavy atom. The molecule has 18 heavy (non-hydrogen) atoms. The molecule has 0 N–H and O–H groups in total. The van der Waals surface area contributed by atoms with Gasteiger partial charge in [-0.15, -0.1) is 0 Å². The second-order valence-electron chi connectivity index (χ2n) is 5.16. The van der Waals surface area contributed by atoms with Gasteiger partial charge in [-0.2, -0.15) is 5.26 Å². The fourth-order valence-electron chi connectivity index (χ4n) is 2.23. The van der Waals surface area contributed by atoms with Crippen LogP contribution in [0.5, 0.6) is 0 Å². The van der Waals surface area contributed by atoms with Crippen molar-refractivity contribution in [3.63, 3.8) is 0 Å². The summed E-state index contributed by atoms with van der Waals surface area (Å²) in [6, 6.07) is 7.45. The molecule has 1 fully saturated rings. The summed E-state index contributed by atoms with van der Waals surface area (Å²) in [4.78, 5) is 2.17. The predicted octanol–water partition coefficient (Wildman–Crippen LogP) is 3.60. The highest BCUT2D eigenvalue weighted by molar-refractivity contribution is 6.30. The fraction of sp³-hybridized carbons (Fsp3) is 0.500. The zero-order valence-corrected chi connectivity index (χ0v) is 11.2. The molecule has 0 atom stereocenters. The molecule has 2 nitrogen and oxygen atoms in total. The summed E-state index contributed by atoms with van der Waals surface area (Å²) in [5.74, 6) is -0.326. The molecule has 0 saturated carbocycles. The quantitative estimate of drug-likeness (QED) is 0.818. The minimum absolute atomic E-state index is 0.173. The van der Waals surface area contributed by atoms with Crippen LogP contribution in [0.2, 0.25) is 5.02 Å². The van der Waals surface area contributed by atoms with E-state index in [1.54, 1.807) is 18.2 Å². The number of hydrogen-bond acceptors (Lipinski definition) is 2. The van der Waals surface area contributed by atoms with Gasteiger partial charge < -0.3 is 0 Å². The Hall–Kier alpha value is -1.11. The Morgan fingerprint density at radius 3 is 2.72 bits per heavy atom. The summed E-state index contributed by atoms with van der Waals surface area (Å²) in [7, 11) is 0. The van der Waals surface area contributed by atoms with Crippen LogP contribution in [0.4, 0.5) is 4.39 Å². The molecule has 0 radical (unpaired) electrons. The van der Waals surface area contributed by atoms with Gasteiger partial charge in [0.15, 0.2) is 0 Å². The number of halogens is 2. The molecule has 1 aromatic carbocycles. The number of benzene rings is 1. The average molecular weight is 267 g/mol. The number of hydrogen-bond donors (Lipinski definition) is 0. The Labute approximate surface area is 112 Å². The van der Waals surface area contributed by atoms with E-state index in [-0.39, 0.29) is 16.3 Å². The van der Waals surface area contributed by atoms with Gasteiger partial charge in [-0.1, -0.05) is 23.7 Å². The molecule has 0 spiro atoms. The lowest BCUT2D eigenvalue weighted by molar-refractivity contribution is 0.149. The van der Waals surface area contributed by atoms with Crippen LogP contribution < -0.4 is 0 Å². The first-order chi connectivity index (χ1) is 8.54. The van der Waals surface area contributed by atoms with Crippen LogP contribution in [-0.4, -0.2) is 18.0 Å². The third-order valence-corrected chi connectivity index (χ3v) is 3.95. The molecule has 0 unspecified atom stereocenters. The van der Waals surface area contributed by atoms with Gasteiger partial charge in [-0.05, 0) is 38.9 Å². The first-order valence-electron chi connectivity index (χ1n) is 6.10. The molecular formula is C14H16ClFN2. The number of rotatable bonds is 2. The van der Waals surface area contributed by atoms with Crippen LogP contribution in [0.3, 0.4) is 0 Å². The van der Waals surface area contributed by atoms with E-state index < -0.39 is 0 Å². The van der Waals surface area contributed by atoms with Crippen molar-refractivity contribution in [2.24, 2.45) is 5.41 Å². The van der Waals surface area contributed by atoms with E-state index in [1.165, 1.54) is 0 Å². The van der Waals surface area contributed by atoms with Crippen molar-refractivity contribution < 1.29 is 4.39 Å². The van der Waals surface area contributed by atoms with Crippen LogP contribution in [0.1, 0.15) is 25.3 Å². The van der Waals surface area contributed by atoms with Crippen molar-refractivity contribution in [2.75, 3.05) is 13.1 Å². The molecule has 1 aliphatic heterocycles. The summed E-state index contributed by atoms with van der Waals surface area (Å²) < 4.78 is 13.8. The largest absolute Gasteiger partial charge is 0.299 e. The lowest BCUT2D eigenvalue weighted by atomic mass is 9.82. The molecular weight excluding hydrogens is 251 g/mol. The monoisotopic (exact) mass is 266 g/mol. The third-order valence-electron chi connectivity index (χ3n) is 3.66. The minimum atomic E-state index is -0.326. The number of nitriles is 1. The average Bonchev–Trinajstić information content (AvgIpc) is 2.38. The number of piperidine rings is 1. The first-order valence-corrected chi connectivity index (χ1v) is 6.48. The van der Waals surface area contributed by atoms with Gasteiger partial charge in [-0.25, -0.2) is 4.39 Å². The summed E-state index contributed by atoms with van der Waals surface area (Å²) in [5, 5.41) is 9.23. The van der Waals surface area contributed by atoms with E-state index in [4.69, 9.17) is 16.9 Å². The SMILES string of the molecule is CC1(C#N)CCN(Cc2cccc(Cl)c2F)CC1. The number of nitrogens with zero attached hydrogens (tertiary/aromatic N) is 2. The van der Waals surface area contributed by atoms with Crippen LogP contribution in [0.25, 0.3) is 0 Å². The van der Waals surface area contributed by atoms with Crippen molar-refractivity contribution in [1.29, 1.82) is 5.26 Å². The van der Waals surface area contributed by atoms with Crippen molar-refractivity contribution in [3.8, 4) is 6.07 Å². The van der Waals surface area contributed by atoms with Gasteiger partial charge in [0.1, 0.15) is 5.82 Å². The second kappa shape index (κ2) is 5.26. The van der Waals surface area contributed by atoms with Gasteiger partial charge in [0.25, 0.3) is 0 Å². The lowest BCUT2D eigenvalue weighted by Gasteiger charge is -2.34. The highest BCUT2D eigenvalue weighted by atomic mass is 35.5. The maximum Gasteiger partial charge on any atom is 0.146 e. The molecule has 1 aliphatic rings. The summed E-state index contributed by atoms with van der Waals surface area (Å²) >= 11 is 5.76. The highest BCUT2D eigenvalue weighted by Crippen LogP contribution is 2.30. The maximum atomic E-state index is 13.8. The van der Waals surface area contributed by atoms with E-state index in [0.717, 1.165) is 25.9 Å². The van der Waals surface area contributed by atoms with E-state index >= 15 is 0 Å². The topological polar surface area (TPSA) is 27.0 Å². The molecule has 1 aromatic rings. The predicted molar refractivity (Wildman–Crippen MR) is 69.6 cm³/mol. The molecule has 1 heterocycles. The zero-order chi connectivity index (χ0) is 13.2. The van der Waals surface area contributed by atoms with Crippen molar-refractivity contribution in [3.05, 3.63) is 34.6 Å². The van der Waals surface area contributed by atoms with E-state index in [2.05, 4.69) is 11.0 Å². The van der Waals surface area contributed by atoms with Gasteiger partial charge in [-0.3, -0.25) is 4.90 Å². The van der Waals surface area contributed by atoms with Crippen molar-refractivity contribution >= 4 is 11.6 Å². The smallest absolute Gasteiger partial charge is 0.146 e. The standard InChI is InChI=1S/C14H16ClFN2/c1-14(10-17)5-7-18(8-6-14)9-11-3-2-4-12(15)13(11)16/h2-4H,5-9H2,1H3. The third kappa shape index (κ3) is 2.82. The van der Waals surface area contributed by atoms with Gasteiger partial charge in [0.2, 0.25) is 0 Å². The summed E-state index contributed by atoms with van der Waals surface area (Å²) in [6.45, 7) is 4.21. The molecule has 4 heteroatoms. The van der Waals surface area contributed by atoms with Crippen molar-refractivity contribution in [1.82, 2.24) is 4.90 Å². The Morgan fingerprint density at radius 1 is 1.44 bits per heavy atom. The number of likely N-dealkylation sites (tertiary alicyclic amines) is 1. The fourth-order valence-corrected chi connectivity index (χ4v) is 2.42. The summed E-state index contributed by atoms with van der Waals surface area (Å²) in [5.41, 5.74) is 0.409. The molecule has 0 bridgehead atoms. The summed E-state index contributed by atoms with van der Waals surface area (Å²) in [6.07, 6.45) is 1.68. The van der Waals surface area contributed by atoms with Crippen LogP contribution in [0.15, 0.2) is 18.2 Å². The highest BCUT2D eigenvalue weighted by Gasteiger charge is 2.30. The van der Waals surface area contributed by atoms with E-state index in [1.807, 2.05) is 6.92 Å². The first kappa shape index (κ1) is 13.3. The van der Waals surface area contributed by atoms with Gasteiger partial charge in [0, 0.05) is 12.1 Å². The normalized spacial score (nSPS) is 19.4. The van der Waals surface area contributed by atoms with Crippen molar-refractivity contribution in [2.45, 2.75) is 26.3 Å². The molecule has 0 amide bonds. The molecule has 1 saturated heterocycles. The van der Waals surface area contributed by atoms with E-state index in [0.29, 0.717) is 12.1 Å². The molecule has 0 aliphatic carbocycles. The van der Waals surface area contributed by atoms with Gasteiger partial charge >= 0.3 is 0 Å². The Balaban J connectivity index is 2.00. The molecule has 0 aromatic heterocycles. The zero-order valence-electron chi connectivity index (χ0n) is 10.4.